The number of aliphatic hydroxyl groups is 1. The number of rotatable bonds is 5. The van der Waals surface area contributed by atoms with Gasteiger partial charge in [0, 0.05) is 29.4 Å². The average Bonchev–Trinajstić information content (AvgIpc) is 3.00. The van der Waals surface area contributed by atoms with E-state index in [1.165, 1.54) is 0 Å². The molecule has 2 rings (SSSR count). The molecule has 0 radical (unpaired) electrons. The highest BCUT2D eigenvalue weighted by Gasteiger charge is 2.25. The lowest BCUT2D eigenvalue weighted by Gasteiger charge is -2.27. The predicted molar refractivity (Wildman–Crippen MR) is 90.0 cm³/mol. The van der Waals surface area contributed by atoms with Gasteiger partial charge in [0.15, 0.2) is 0 Å². The Hall–Kier alpha value is -1.92. The highest BCUT2D eigenvalue weighted by Crippen LogP contribution is 2.23. The van der Waals surface area contributed by atoms with Gasteiger partial charge in [0.05, 0.1) is 5.60 Å². The molecule has 3 N–H and O–H groups in total. The number of hydrogen-bond donors (Lipinski definition) is 3. The molecule has 1 atom stereocenters. The van der Waals surface area contributed by atoms with Crippen LogP contribution in [0.25, 0.3) is 10.6 Å². The molecule has 0 aliphatic carbocycles. The Morgan fingerprint density at radius 2 is 2.05 bits per heavy atom. The van der Waals surface area contributed by atoms with Crippen LogP contribution in [0.15, 0.2) is 35.8 Å². The van der Waals surface area contributed by atoms with Crippen molar-refractivity contribution in [3.8, 4) is 10.6 Å². The quantitative estimate of drug-likeness (QED) is 0.791. The Morgan fingerprint density at radius 3 is 2.59 bits per heavy atom. The van der Waals surface area contributed by atoms with Crippen molar-refractivity contribution >= 4 is 23.1 Å². The third kappa shape index (κ3) is 4.29. The van der Waals surface area contributed by atoms with Gasteiger partial charge in [-0.25, -0.2) is 9.78 Å². The first-order chi connectivity index (χ1) is 10.4. The normalized spacial score (nSPS) is 13.7. The van der Waals surface area contributed by atoms with E-state index in [0.29, 0.717) is 5.69 Å². The predicted octanol–water partition coefficient (Wildman–Crippen LogP) is 3.34. The van der Waals surface area contributed by atoms with Gasteiger partial charge in [-0.3, -0.25) is 0 Å². The van der Waals surface area contributed by atoms with Gasteiger partial charge in [-0.15, -0.1) is 11.3 Å². The van der Waals surface area contributed by atoms with Gasteiger partial charge in [-0.05, 0) is 37.1 Å². The average molecular weight is 319 g/mol. The second-order valence-corrected chi connectivity index (χ2v) is 6.63. The molecule has 0 saturated carbocycles. The van der Waals surface area contributed by atoms with Crippen LogP contribution < -0.4 is 10.6 Å². The van der Waals surface area contributed by atoms with Crippen molar-refractivity contribution in [1.29, 1.82) is 0 Å². The van der Waals surface area contributed by atoms with E-state index in [1.54, 1.807) is 24.5 Å². The van der Waals surface area contributed by atoms with E-state index in [0.717, 1.165) is 10.6 Å². The number of anilines is 1. The van der Waals surface area contributed by atoms with Crippen molar-refractivity contribution in [2.75, 3.05) is 11.9 Å². The zero-order valence-electron chi connectivity index (χ0n) is 13.0. The van der Waals surface area contributed by atoms with Gasteiger partial charge in [-0.2, -0.15) is 0 Å². The summed E-state index contributed by atoms with van der Waals surface area (Å²) in [6.07, 6.45) is 1.76. The van der Waals surface area contributed by atoms with Crippen LogP contribution in [-0.2, 0) is 0 Å². The molecule has 0 fully saturated rings. The zero-order chi connectivity index (χ0) is 16.2. The lowest BCUT2D eigenvalue weighted by atomic mass is 9.93. The first-order valence-electron chi connectivity index (χ1n) is 7.15. The molecule has 118 valence electrons. The molecule has 1 aromatic carbocycles. The number of carbonyl (C=O) groups excluding carboxylic acids is 1. The molecule has 0 bridgehead atoms. The topological polar surface area (TPSA) is 74.2 Å². The standard InChI is InChI=1S/C16H21N3O2S/c1-11(2)16(3,21)10-18-15(20)19-13-6-4-12(5-7-13)14-17-8-9-22-14/h4-9,11,21H,10H2,1-3H3,(H2,18,19,20). The number of nitrogens with zero attached hydrogens (tertiary/aromatic N) is 1. The number of benzene rings is 1. The smallest absolute Gasteiger partial charge is 0.319 e. The molecule has 0 aliphatic heterocycles. The maximum Gasteiger partial charge on any atom is 0.319 e. The fourth-order valence-electron chi connectivity index (χ4n) is 1.70. The molecule has 5 nitrogen and oxygen atoms in total. The summed E-state index contributed by atoms with van der Waals surface area (Å²) in [7, 11) is 0. The summed E-state index contributed by atoms with van der Waals surface area (Å²) in [5.74, 6) is 0.0605. The summed E-state index contributed by atoms with van der Waals surface area (Å²) in [5.41, 5.74) is 0.789. The van der Waals surface area contributed by atoms with E-state index in [2.05, 4.69) is 15.6 Å². The first kappa shape index (κ1) is 16.5. The number of amides is 2. The van der Waals surface area contributed by atoms with Crippen molar-refractivity contribution < 1.29 is 9.90 Å². The Bertz CT molecular complexity index is 607. The number of thiazole rings is 1. The van der Waals surface area contributed by atoms with Crippen molar-refractivity contribution in [2.45, 2.75) is 26.4 Å². The van der Waals surface area contributed by atoms with Crippen molar-refractivity contribution in [3.63, 3.8) is 0 Å². The van der Waals surface area contributed by atoms with Gasteiger partial charge in [0.25, 0.3) is 0 Å². The van der Waals surface area contributed by atoms with Crippen LogP contribution in [0.5, 0.6) is 0 Å². The molecule has 0 spiro atoms. The van der Waals surface area contributed by atoms with Gasteiger partial charge in [0.1, 0.15) is 5.01 Å². The van der Waals surface area contributed by atoms with Crippen LogP contribution in [-0.4, -0.2) is 28.3 Å². The first-order valence-corrected chi connectivity index (χ1v) is 8.03. The minimum atomic E-state index is -0.925. The molecule has 1 unspecified atom stereocenters. The van der Waals surface area contributed by atoms with Crippen LogP contribution in [0.3, 0.4) is 0 Å². The summed E-state index contributed by atoms with van der Waals surface area (Å²) in [6.45, 7) is 5.74. The van der Waals surface area contributed by atoms with Crippen LogP contribution in [0, 0.1) is 5.92 Å². The highest BCUT2D eigenvalue weighted by molar-refractivity contribution is 7.13. The number of aromatic nitrogens is 1. The maximum absolute atomic E-state index is 11.9. The van der Waals surface area contributed by atoms with E-state index in [-0.39, 0.29) is 18.5 Å². The van der Waals surface area contributed by atoms with E-state index in [4.69, 9.17) is 0 Å². The summed E-state index contributed by atoms with van der Waals surface area (Å²) in [4.78, 5) is 16.1. The van der Waals surface area contributed by atoms with Crippen LogP contribution in [0.4, 0.5) is 10.5 Å². The number of hydrogen-bond acceptors (Lipinski definition) is 4. The monoisotopic (exact) mass is 319 g/mol. The Morgan fingerprint density at radius 1 is 1.36 bits per heavy atom. The third-order valence-corrected chi connectivity index (χ3v) is 4.49. The number of carbonyl (C=O) groups is 1. The molecular formula is C16H21N3O2S. The van der Waals surface area contributed by atoms with Crippen LogP contribution in [0.2, 0.25) is 0 Å². The molecule has 6 heteroatoms. The fraction of sp³-hybridized carbons (Fsp3) is 0.375. The summed E-state index contributed by atoms with van der Waals surface area (Å²) in [6, 6.07) is 7.16. The van der Waals surface area contributed by atoms with E-state index < -0.39 is 5.60 Å². The largest absolute Gasteiger partial charge is 0.388 e. The molecular weight excluding hydrogens is 298 g/mol. The van der Waals surface area contributed by atoms with Crippen LogP contribution >= 0.6 is 11.3 Å². The van der Waals surface area contributed by atoms with Gasteiger partial charge in [-0.1, -0.05) is 13.8 Å². The van der Waals surface area contributed by atoms with Crippen LogP contribution in [0.1, 0.15) is 20.8 Å². The molecule has 2 aromatic rings. The SMILES string of the molecule is CC(C)C(C)(O)CNC(=O)Nc1ccc(-c2nccs2)cc1. The van der Waals surface area contributed by atoms with Crippen molar-refractivity contribution in [3.05, 3.63) is 35.8 Å². The second-order valence-electron chi connectivity index (χ2n) is 5.73. The highest BCUT2D eigenvalue weighted by atomic mass is 32.1. The van der Waals surface area contributed by atoms with Gasteiger partial charge < -0.3 is 15.7 Å². The molecule has 1 heterocycles. The number of urea groups is 1. The van der Waals surface area contributed by atoms with Crippen molar-refractivity contribution in [1.82, 2.24) is 10.3 Å². The van der Waals surface area contributed by atoms with Gasteiger partial charge in [0.2, 0.25) is 0 Å². The minimum absolute atomic E-state index is 0.0605. The van der Waals surface area contributed by atoms with E-state index in [1.807, 2.05) is 43.5 Å². The lowest BCUT2D eigenvalue weighted by molar-refractivity contribution is 0.0170. The zero-order valence-corrected chi connectivity index (χ0v) is 13.8. The molecule has 1 aromatic heterocycles. The molecule has 22 heavy (non-hydrogen) atoms. The van der Waals surface area contributed by atoms with E-state index in [9.17, 15) is 9.90 Å². The Balaban J connectivity index is 1.90. The second kappa shape index (κ2) is 6.89. The third-order valence-electron chi connectivity index (χ3n) is 3.67. The summed E-state index contributed by atoms with van der Waals surface area (Å²) in [5, 5.41) is 18.4. The summed E-state index contributed by atoms with van der Waals surface area (Å²) >= 11 is 1.57. The van der Waals surface area contributed by atoms with Gasteiger partial charge >= 0.3 is 6.03 Å². The fourth-order valence-corrected chi connectivity index (χ4v) is 2.35. The summed E-state index contributed by atoms with van der Waals surface area (Å²) < 4.78 is 0. The molecule has 0 saturated heterocycles. The lowest BCUT2D eigenvalue weighted by Crippen LogP contribution is -2.45. The molecule has 0 aliphatic rings. The van der Waals surface area contributed by atoms with E-state index >= 15 is 0 Å². The molecule has 2 amide bonds. The Labute approximate surface area is 134 Å². The maximum atomic E-state index is 11.9. The minimum Gasteiger partial charge on any atom is -0.388 e. The number of nitrogens with one attached hydrogen (secondary N) is 2. The van der Waals surface area contributed by atoms with Crippen molar-refractivity contribution in [2.24, 2.45) is 5.92 Å². The Kier molecular flexibility index (Phi) is 5.15.